The lowest BCUT2D eigenvalue weighted by atomic mass is 9.99. The fourth-order valence-corrected chi connectivity index (χ4v) is 1.85. The maximum absolute atomic E-state index is 11.8. The Morgan fingerprint density at radius 3 is 2.42 bits per heavy atom. The Kier molecular flexibility index (Phi) is 4.28. The average Bonchev–Trinajstić information content (AvgIpc) is 2.47. The lowest BCUT2D eigenvalue weighted by molar-refractivity contribution is -0.216. The van der Waals surface area contributed by atoms with Crippen molar-refractivity contribution in [2.24, 2.45) is 5.73 Å². The Balaban J connectivity index is 2.40. The van der Waals surface area contributed by atoms with Gasteiger partial charge in [-0.25, -0.2) is 4.79 Å². The van der Waals surface area contributed by atoms with Crippen molar-refractivity contribution in [1.29, 1.82) is 0 Å². The van der Waals surface area contributed by atoms with Crippen LogP contribution >= 0.6 is 0 Å². The van der Waals surface area contributed by atoms with Crippen LogP contribution in [0.3, 0.4) is 0 Å². The number of hydrogen-bond donors (Lipinski definition) is 1. The average molecular weight is 257 g/mol. The van der Waals surface area contributed by atoms with Gasteiger partial charge in [0, 0.05) is 6.54 Å². The summed E-state index contributed by atoms with van der Waals surface area (Å²) >= 11 is 0. The number of nitrogens with two attached hydrogens (primary N) is 1. The molecule has 2 aromatic carbocycles. The summed E-state index contributed by atoms with van der Waals surface area (Å²) in [6.07, 6.45) is 0. The van der Waals surface area contributed by atoms with Crippen molar-refractivity contribution < 1.29 is 14.6 Å². The van der Waals surface area contributed by atoms with Gasteiger partial charge in [0.05, 0.1) is 12.7 Å². The molecule has 0 aliphatic carbocycles. The third-order valence-electron chi connectivity index (χ3n) is 2.81. The summed E-state index contributed by atoms with van der Waals surface area (Å²) in [5, 5.41) is 0. The number of carbonyl (C=O) groups excluding carboxylic acids is 1. The molecule has 2 N–H and O–H groups in total. The zero-order valence-electron chi connectivity index (χ0n) is 10.6. The van der Waals surface area contributed by atoms with Crippen LogP contribution in [0.4, 0.5) is 0 Å². The van der Waals surface area contributed by atoms with E-state index in [1.54, 1.807) is 12.1 Å². The van der Waals surface area contributed by atoms with Crippen molar-refractivity contribution in [1.82, 2.24) is 0 Å². The monoisotopic (exact) mass is 257 g/mol. The van der Waals surface area contributed by atoms with Crippen molar-refractivity contribution >= 4 is 5.97 Å². The summed E-state index contributed by atoms with van der Waals surface area (Å²) in [5.74, 6) is -0.513. The zero-order valence-corrected chi connectivity index (χ0v) is 10.6. The fraction of sp³-hybridized carbons (Fsp3) is 0.133. The minimum absolute atomic E-state index is 0.463. The minimum Gasteiger partial charge on any atom is -0.326 e. The summed E-state index contributed by atoms with van der Waals surface area (Å²) in [5.41, 5.74) is 8.80. The number of benzene rings is 2. The summed E-state index contributed by atoms with van der Waals surface area (Å²) in [6, 6.07) is 15.0. The first-order chi connectivity index (χ1) is 9.26. The molecule has 98 valence electrons. The van der Waals surface area contributed by atoms with Gasteiger partial charge in [-0.2, -0.15) is 4.89 Å². The molecule has 0 aliphatic rings. The van der Waals surface area contributed by atoms with Crippen LogP contribution < -0.4 is 5.73 Å². The molecular weight excluding hydrogens is 242 g/mol. The molecule has 19 heavy (non-hydrogen) atoms. The summed E-state index contributed by atoms with van der Waals surface area (Å²) < 4.78 is 0. The molecule has 0 fully saturated rings. The molecule has 0 spiro atoms. The Morgan fingerprint density at radius 2 is 1.79 bits per heavy atom. The molecule has 2 rings (SSSR count). The van der Waals surface area contributed by atoms with Crippen LogP contribution in [0.25, 0.3) is 11.1 Å². The SMILES string of the molecule is COOC(=O)c1ccccc1-c1ccc(CN)cc1. The molecule has 4 nitrogen and oxygen atoms in total. The molecule has 0 radical (unpaired) electrons. The van der Waals surface area contributed by atoms with E-state index >= 15 is 0 Å². The van der Waals surface area contributed by atoms with Crippen molar-refractivity contribution in [3.05, 3.63) is 59.7 Å². The zero-order chi connectivity index (χ0) is 13.7. The quantitative estimate of drug-likeness (QED) is 0.675. The van der Waals surface area contributed by atoms with Gasteiger partial charge < -0.3 is 5.73 Å². The van der Waals surface area contributed by atoms with E-state index in [4.69, 9.17) is 5.73 Å². The number of hydrogen-bond acceptors (Lipinski definition) is 4. The summed E-state index contributed by atoms with van der Waals surface area (Å²) in [4.78, 5) is 20.8. The van der Waals surface area contributed by atoms with Gasteiger partial charge in [-0.05, 0) is 22.8 Å². The largest absolute Gasteiger partial charge is 0.373 e. The van der Waals surface area contributed by atoms with E-state index in [-0.39, 0.29) is 0 Å². The molecule has 0 atom stereocenters. The van der Waals surface area contributed by atoms with Gasteiger partial charge in [-0.15, -0.1) is 0 Å². The third-order valence-corrected chi connectivity index (χ3v) is 2.81. The summed E-state index contributed by atoms with van der Waals surface area (Å²) in [7, 11) is 1.30. The Morgan fingerprint density at radius 1 is 1.11 bits per heavy atom. The lowest BCUT2D eigenvalue weighted by Gasteiger charge is -2.08. The van der Waals surface area contributed by atoms with Crippen molar-refractivity contribution in [2.45, 2.75) is 6.54 Å². The fourth-order valence-electron chi connectivity index (χ4n) is 1.85. The van der Waals surface area contributed by atoms with E-state index < -0.39 is 5.97 Å². The normalized spacial score (nSPS) is 10.2. The highest BCUT2D eigenvalue weighted by atomic mass is 17.2. The van der Waals surface area contributed by atoms with Crippen molar-refractivity contribution in [3.63, 3.8) is 0 Å². The van der Waals surface area contributed by atoms with Gasteiger partial charge in [0.15, 0.2) is 0 Å². The second-order valence-electron chi connectivity index (χ2n) is 3.98. The lowest BCUT2D eigenvalue weighted by Crippen LogP contribution is -2.05. The van der Waals surface area contributed by atoms with Crippen LogP contribution in [-0.4, -0.2) is 13.1 Å². The molecule has 2 aromatic rings. The van der Waals surface area contributed by atoms with Crippen molar-refractivity contribution in [2.75, 3.05) is 7.11 Å². The van der Waals surface area contributed by atoms with E-state index in [1.807, 2.05) is 36.4 Å². The molecule has 0 unspecified atom stereocenters. The second kappa shape index (κ2) is 6.13. The molecule has 0 saturated heterocycles. The van der Waals surface area contributed by atoms with Crippen LogP contribution in [0, 0.1) is 0 Å². The Bertz CT molecular complexity index is 564. The molecule has 0 amide bonds. The van der Waals surface area contributed by atoms with E-state index in [1.165, 1.54) is 7.11 Å². The van der Waals surface area contributed by atoms with Crippen LogP contribution in [0.2, 0.25) is 0 Å². The molecule has 0 bridgehead atoms. The highest BCUT2D eigenvalue weighted by Gasteiger charge is 2.14. The van der Waals surface area contributed by atoms with Gasteiger partial charge in [0.25, 0.3) is 0 Å². The van der Waals surface area contributed by atoms with E-state index in [0.29, 0.717) is 12.1 Å². The van der Waals surface area contributed by atoms with Gasteiger partial charge in [0.2, 0.25) is 0 Å². The second-order valence-corrected chi connectivity index (χ2v) is 3.98. The molecular formula is C15H15NO3. The molecule has 0 aromatic heterocycles. The topological polar surface area (TPSA) is 61.5 Å². The van der Waals surface area contributed by atoms with Gasteiger partial charge in [-0.3, -0.25) is 4.89 Å². The van der Waals surface area contributed by atoms with E-state index in [0.717, 1.165) is 16.7 Å². The predicted octanol–water partition coefficient (Wildman–Crippen LogP) is 2.53. The maximum atomic E-state index is 11.8. The Hall–Kier alpha value is -2.17. The first kappa shape index (κ1) is 13.3. The Labute approximate surface area is 111 Å². The van der Waals surface area contributed by atoms with Gasteiger partial charge in [0.1, 0.15) is 0 Å². The third kappa shape index (κ3) is 2.99. The molecule has 0 aliphatic heterocycles. The molecule has 4 heteroatoms. The van der Waals surface area contributed by atoms with E-state index in [2.05, 4.69) is 9.78 Å². The highest BCUT2D eigenvalue weighted by Crippen LogP contribution is 2.24. The number of rotatable bonds is 4. The van der Waals surface area contributed by atoms with Gasteiger partial charge >= 0.3 is 5.97 Å². The smallest absolute Gasteiger partial charge is 0.326 e. The van der Waals surface area contributed by atoms with Crippen LogP contribution in [0.5, 0.6) is 0 Å². The maximum Gasteiger partial charge on any atom is 0.373 e. The van der Waals surface area contributed by atoms with Crippen LogP contribution in [-0.2, 0) is 16.3 Å². The standard InChI is InChI=1S/C15H15NO3/c1-18-19-15(17)14-5-3-2-4-13(14)12-8-6-11(10-16)7-9-12/h2-9H,10,16H2,1H3. The molecule has 0 heterocycles. The summed E-state index contributed by atoms with van der Waals surface area (Å²) in [6.45, 7) is 0.494. The first-order valence-electron chi connectivity index (χ1n) is 5.89. The van der Waals surface area contributed by atoms with Crippen LogP contribution in [0.1, 0.15) is 15.9 Å². The van der Waals surface area contributed by atoms with Crippen LogP contribution in [0.15, 0.2) is 48.5 Å². The van der Waals surface area contributed by atoms with Gasteiger partial charge in [-0.1, -0.05) is 42.5 Å². The first-order valence-corrected chi connectivity index (χ1v) is 5.89. The van der Waals surface area contributed by atoms with E-state index in [9.17, 15) is 4.79 Å². The highest BCUT2D eigenvalue weighted by molar-refractivity contribution is 5.96. The minimum atomic E-state index is -0.513. The number of carbonyl (C=O) groups is 1. The van der Waals surface area contributed by atoms with Crippen molar-refractivity contribution in [3.8, 4) is 11.1 Å². The molecule has 0 saturated carbocycles. The predicted molar refractivity (Wildman–Crippen MR) is 72.2 cm³/mol.